The molecule has 0 aliphatic carbocycles. The van der Waals surface area contributed by atoms with Crippen molar-refractivity contribution in [2.75, 3.05) is 7.05 Å². The first kappa shape index (κ1) is 35.6. The molecule has 0 amide bonds. The first-order valence-corrected chi connectivity index (χ1v) is 17.9. The Balaban J connectivity index is 1.35. The molecule has 0 unspecified atom stereocenters. The van der Waals surface area contributed by atoms with Crippen LogP contribution in [0.25, 0.3) is 28.3 Å². The highest BCUT2D eigenvalue weighted by Gasteiger charge is 2.08. The number of aliphatic imine (C=N–C) groups is 2. The second kappa shape index (κ2) is 19.3. The van der Waals surface area contributed by atoms with Crippen molar-refractivity contribution in [3.8, 4) is 22.3 Å². The molecule has 3 heteroatoms. The zero-order valence-corrected chi connectivity index (χ0v) is 29.8. The first-order chi connectivity index (χ1) is 24.6. The molecule has 0 aliphatic heterocycles. The normalized spacial score (nSPS) is 12.7. The summed E-state index contributed by atoms with van der Waals surface area (Å²) in [4.78, 5) is 9.49. The Morgan fingerprint density at radius 3 is 2.12 bits per heavy atom. The molecule has 0 bridgehead atoms. The molecule has 0 saturated heterocycles. The molecule has 0 heterocycles. The van der Waals surface area contributed by atoms with Crippen molar-refractivity contribution >= 4 is 31.4 Å². The molecule has 0 aliphatic rings. The van der Waals surface area contributed by atoms with Gasteiger partial charge in [-0.05, 0) is 75.8 Å². The number of hydrogen-bond donors (Lipinski definition) is 0. The predicted octanol–water partition coefficient (Wildman–Crippen LogP) is 12.4. The molecule has 5 aromatic rings. The summed E-state index contributed by atoms with van der Waals surface area (Å²) in [5.41, 5.74) is 11.9. The average Bonchev–Trinajstić information content (AvgIpc) is 3.17. The zero-order valence-electron chi connectivity index (χ0n) is 28.9. The van der Waals surface area contributed by atoms with E-state index in [2.05, 4.69) is 146 Å². The topological polar surface area (TPSA) is 24.7 Å². The van der Waals surface area contributed by atoms with Gasteiger partial charge in [0.1, 0.15) is 0 Å². The summed E-state index contributed by atoms with van der Waals surface area (Å²) in [5, 5.41) is 0. The van der Waals surface area contributed by atoms with Crippen LogP contribution in [0.3, 0.4) is 0 Å². The van der Waals surface area contributed by atoms with Gasteiger partial charge in [-0.2, -0.15) is 0 Å². The van der Waals surface area contributed by atoms with E-state index in [0.29, 0.717) is 6.42 Å². The van der Waals surface area contributed by atoms with Crippen molar-refractivity contribution in [3.05, 3.63) is 210 Å². The number of nitrogens with zero attached hydrogens (tertiary/aromatic N) is 2. The molecule has 50 heavy (non-hydrogen) atoms. The van der Waals surface area contributed by atoms with Crippen LogP contribution >= 0.6 is 8.20 Å². The second-order valence-corrected chi connectivity index (χ2v) is 12.7. The Morgan fingerprint density at radius 1 is 0.660 bits per heavy atom. The van der Waals surface area contributed by atoms with Gasteiger partial charge < -0.3 is 0 Å². The van der Waals surface area contributed by atoms with E-state index >= 15 is 0 Å². The molecule has 0 N–H and O–H groups in total. The zero-order chi connectivity index (χ0) is 34.8. The van der Waals surface area contributed by atoms with Crippen LogP contribution in [-0.4, -0.2) is 24.1 Å². The summed E-state index contributed by atoms with van der Waals surface area (Å²) in [6.45, 7) is 5.98. The van der Waals surface area contributed by atoms with Crippen LogP contribution in [0, 0.1) is 6.92 Å². The van der Waals surface area contributed by atoms with E-state index < -0.39 is 0 Å². The van der Waals surface area contributed by atoms with Crippen LogP contribution in [0.15, 0.2) is 193 Å². The maximum atomic E-state index is 5.00. The maximum absolute atomic E-state index is 5.00. The summed E-state index contributed by atoms with van der Waals surface area (Å²) in [6, 6.07) is 44.8. The quantitative estimate of drug-likeness (QED) is 0.0517. The van der Waals surface area contributed by atoms with Gasteiger partial charge in [0.05, 0.1) is 5.45 Å². The van der Waals surface area contributed by atoms with Gasteiger partial charge >= 0.3 is 0 Å². The van der Waals surface area contributed by atoms with E-state index in [1.54, 1.807) is 13.1 Å². The summed E-state index contributed by atoms with van der Waals surface area (Å²) in [6.07, 6.45) is 20.0. The van der Waals surface area contributed by atoms with Crippen molar-refractivity contribution in [3.63, 3.8) is 0 Å². The third kappa shape index (κ3) is 10.7. The molecule has 5 aromatic carbocycles. The van der Waals surface area contributed by atoms with Crippen LogP contribution in [0.5, 0.6) is 0 Å². The number of hydrogen-bond acceptors (Lipinski definition) is 1. The highest BCUT2D eigenvalue weighted by Crippen LogP contribution is 2.30. The summed E-state index contributed by atoms with van der Waals surface area (Å²) in [7, 11) is 2.82. The Labute approximate surface area is 299 Å². The lowest BCUT2D eigenvalue weighted by molar-refractivity contribution is 1.21. The van der Waals surface area contributed by atoms with Gasteiger partial charge in [0.15, 0.2) is 5.84 Å². The number of rotatable bonds is 13. The van der Waals surface area contributed by atoms with Gasteiger partial charge in [0.25, 0.3) is 0 Å². The van der Waals surface area contributed by atoms with Crippen molar-refractivity contribution in [2.24, 2.45) is 9.98 Å². The van der Waals surface area contributed by atoms with E-state index in [1.807, 2.05) is 54.6 Å². The molecular formula is C47H43N2P. The summed E-state index contributed by atoms with van der Waals surface area (Å²) in [5.74, 6) is 2.96. The molecular weight excluding hydrogens is 624 g/mol. The predicted molar refractivity (Wildman–Crippen MR) is 222 cm³/mol. The Bertz CT molecular complexity index is 2080. The minimum atomic E-state index is 0.714. The van der Waals surface area contributed by atoms with Crippen LogP contribution in [0.2, 0.25) is 0 Å². The van der Waals surface area contributed by atoms with Gasteiger partial charge in [0.2, 0.25) is 0 Å². The minimum Gasteiger partial charge on any atom is -0.270 e. The van der Waals surface area contributed by atoms with E-state index in [9.17, 15) is 0 Å². The number of allylic oxidation sites excluding steroid dienone is 8. The fourth-order valence-corrected chi connectivity index (χ4v) is 6.33. The second-order valence-electron chi connectivity index (χ2n) is 11.7. The molecule has 0 spiro atoms. The fraction of sp³-hybridized carbons (Fsp3) is 0.0851. The standard InChI is InChI=1S/C47H43N2P/c1-4-5-6-7-17-33-46(49-47(48-3)41-26-15-10-16-27-41)50-36-39-24-18-29-42(34-39)43-30-19-31-44(35-43)45-32-20-28-40(37(45)2)25-14-9-13-23-38-21-11-8-12-22-38/h4-24,26-32,34-36H,1,25,33H2,2-3H3/b6-5-,14-9-,17-7-,23-13+,48-47-,49-46-. The molecule has 0 radical (unpaired) electrons. The molecule has 0 atom stereocenters. The van der Waals surface area contributed by atoms with Crippen molar-refractivity contribution in [1.29, 1.82) is 0 Å². The van der Waals surface area contributed by atoms with Crippen molar-refractivity contribution < 1.29 is 0 Å². The van der Waals surface area contributed by atoms with Crippen LogP contribution in [0.1, 0.15) is 34.2 Å². The molecule has 2 nitrogen and oxygen atoms in total. The lowest BCUT2D eigenvalue weighted by Crippen LogP contribution is -2.00. The van der Waals surface area contributed by atoms with E-state index in [4.69, 9.17) is 4.99 Å². The molecule has 246 valence electrons. The molecule has 0 fully saturated rings. The van der Waals surface area contributed by atoms with Gasteiger partial charge in [-0.15, -0.1) is 0 Å². The third-order valence-electron chi connectivity index (χ3n) is 8.15. The lowest BCUT2D eigenvalue weighted by atomic mass is 9.92. The minimum absolute atomic E-state index is 0.714. The Hall–Kier alpha value is -5.69. The first-order valence-electron chi connectivity index (χ1n) is 16.9. The van der Waals surface area contributed by atoms with Crippen LogP contribution in [-0.2, 0) is 6.42 Å². The van der Waals surface area contributed by atoms with Gasteiger partial charge in [-0.1, -0.05) is 185 Å². The number of amidine groups is 1. The molecule has 5 rings (SSSR count). The molecule has 0 saturated carbocycles. The third-order valence-corrected chi connectivity index (χ3v) is 9.16. The van der Waals surface area contributed by atoms with E-state index in [1.165, 1.54) is 38.9 Å². The van der Waals surface area contributed by atoms with Crippen LogP contribution in [0.4, 0.5) is 0 Å². The highest BCUT2D eigenvalue weighted by molar-refractivity contribution is 7.58. The number of benzene rings is 5. The fourth-order valence-electron chi connectivity index (χ4n) is 5.51. The monoisotopic (exact) mass is 666 g/mol. The van der Waals surface area contributed by atoms with E-state index in [-0.39, 0.29) is 0 Å². The van der Waals surface area contributed by atoms with Crippen LogP contribution < -0.4 is 0 Å². The van der Waals surface area contributed by atoms with Crippen molar-refractivity contribution in [2.45, 2.75) is 19.8 Å². The Morgan fingerprint density at radius 2 is 1.34 bits per heavy atom. The lowest BCUT2D eigenvalue weighted by Gasteiger charge is -2.12. The highest BCUT2D eigenvalue weighted by atomic mass is 31.1. The molecule has 0 aromatic heterocycles. The SMILES string of the molecule is C=C/C=C\C=C/CC(=N/C(=N\C)c1ccccc1)/P=C/c1cccc(-c2cccc(-c3cccc(C/C=C\C=C\c4ccccc4)c3C)c2)c1. The van der Waals surface area contributed by atoms with Gasteiger partial charge in [0, 0.05) is 19.0 Å². The van der Waals surface area contributed by atoms with Gasteiger partial charge in [-0.3, -0.25) is 4.99 Å². The summed E-state index contributed by atoms with van der Waals surface area (Å²) >= 11 is 0. The van der Waals surface area contributed by atoms with Crippen molar-refractivity contribution in [1.82, 2.24) is 0 Å². The van der Waals surface area contributed by atoms with Gasteiger partial charge in [-0.25, -0.2) is 4.99 Å². The largest absolute Gasteiger partial charge is 0.270 e. The van der Waals surface area contributed by atoms with E-state index in [0.717, 1.165) is 37.0 Å². The maximum Gasteiger partial charge on any atom is 0.154 e. The Kier molecular flexibility index (Phi) is 13.8. The summed E-state index contributed by atoms with van der Waals surface area (Å²) < 4.78 is 0. The average molecular weight is 667 g/mol. The smallest absolute Gasteiger partial charge is 0.154 e.